The Hall–Kier alpha value is 0.229. The molecule has 0 aliphatic rings. The Morgan fingerprint density at radius 2 is 2.00 bits per heavy atom. The number of nitrogens with zero attached hydrogens (tertiary/aromatic N) is 2. The van der Waals surface area contributed by atoms with Gasteiger partial charge in [0.2, 0.25) is 0 Å². The zero-order valence-corrected chi connectivity index (χ0v) is 11.6. The Bertz CT molecular complexity index is 270. The van der Waals surface area contributed by atoms with E-state index in [2.05, 4.69) is 30.9 Å². The van der Waals surface area contributed by atoms with E-state index in [1.807, 2.05) is 12.5 Å². The summed E-state index contributed by atoms with van der Waals surface area (Å²) in [5, 5.41) is 0.902. The van der Waals surface area contributed by atoms with E-state index in [9.17, 15) is 0 Å². The molecule has 1 aromatic rings. The molecule has 0 N–H and O–H groups in total. The minimum absolute atomic E-state index is 0.902. The molecule has 0 aliphatic carbocycles. The van der Waals surface area contributed by atoms with Gasteiger partial charge in [0.05, 0.1) is 0 Å². The van der Waals surface area contributed by atoms with Crippen LogP contribution in [-0.4, -0.2) is 34.6 Å². The normalized spacial score (nSPS) is 11.7. The fourth-order valence-electron chi connectivity index (χ4n) is 0.857. The van der Waals surface area contributed by atoms with Gasteiger partial charge in [0, 0.05) is 0 Å². The van der Waals surface area contributed by atoms with E-state index in [1.165, 1.54) is 3.71 Å². The van der Waals surface area contributed by atoms with Gasteiger partial charge in [-0.15, -0.1) is 0 Å². The number of hydrogen-bond acceptors (Lipinski definition) is 3. The van der Waals surface area contributed by atoms with E-state index < -0.39 is 18.4 Å². The van der Waals surface area contributed by atoms with Crippen molar-refractivity contribution in [2.75, 3.05) is 6.26 Å². The third-order valence-corrected chi connectivity index (χ3v) is 7.33. The monoisotopic (exact) mass is 290 g/mol. The van der Waals surface area contributed by atoms with Crippen LogP contribution in [0.5, 0.6) is 0 Å². The molecule has 0 unspecified atom stereocenters. The molecular weight excluding hydrogens is 275 g/mol. The van der Waals surface area contributed by atoms with Crippen LogP contribution in [0.15, 0.2) is 17.4 Å². The molecule has 2 nitrogen and oxygen atoms in total. The van der Waals surface area contributed by atoms with Crippen molar-refractivity contribution < 1.29 is 0 Å². The summed E-state index contributed by atoms with van der Waals surface area (Å²) in [6.07, 6.45) is 3.88. The first-order chi connectivity index (χ1) is 5.54. The van der Waals surface area contributed by atoms with Gasteiger partial charge in [-0.25, -0.2) is 0 Å². The number of hydrogen-bond donors (Lipinski definition) is 0. The Kier molecular flexibility index (Phi) is 3.40. The van der Waals surface area contributed by atoms with Crippen LogP contribution in [0.1, 0.15) is 0 Å². The average molecular weight is 289 g/mol. The van der Waals surface area contributed by atoms with Crippen molar-refractivity contribution in [2.45, 2.75) is 20.0 Å². The summed E-state index contributed by atoms with van der Waals surface area (Å²) in [4.78, 5) is 15.8. The van der Waals surface area contributed by atoms with Gasteiger partial charge in [0.25, 0.3) is 0 Å². The third-order valence-electron chi connectivity index (χ3n) is 1.58. The van der Waals surface area contributed by atoms with E-state index in [0.717, 1.165) is 5.16 Å². The zero-order chi connectivity index (χ0) is 9.19. The van der Waals surface area contributed by atoms with Crippen LogP contribution in [-0.2, 0) is 0 Å². The van der Waals surface area contributed by atoms with Gasteiger partial charge >= 0.3 is 82.3 Å². The minimum atomic E-state index is -1.94. The summed E-state index contributed by atoms with van der Waals surface area (Å²) in [6.45, 7) is 0. The molecule has 12 heavy (non-hydrogen) atoms. The molecule has 0 spiro atoms. The van der Waals surface area contributed by atoms with Crippen molar-refractivity contribution in [3.8, 4) is 0 Å². The first kappa shape index (κ1) is 10.3. The summed E-state index contributed by atoms with van der Waals surface area (Å²) in [6, 6.07) is 2.07. The van der Waals surface area contributed by atoms with E-state index in [1.54, 1.807) is 11.8 Å². The molecule has 4 heteroatoms. The van der Waals surface area contributed by atoms with E-state index >= 15 is 0 Å². The van der Waals surface area contributed by atoms with Crippen molar-refractivity contribution in [3.05, 3.63) is 12.3 Å². The molecule has 1 heterocycles. The second-order valence-corrected chi connectivity index (χ2v) is 18.8. The van der Waals surface area contributed by atoms with Crippen LogP contribution in [0.3, 0.4) is 0 Å². The van der Waals surface area contributed by atoms with Crippen LogP contribution in [0.4, 0.5) is 0 Å². The SMILES string of the molecule is CSc1ncc[c]([Sn]([CH3])([CH3])[CH3])n1. The van der Waals surface area contributed by atoms with Crippen LogP contribution in [0.2, 0.25) is 14.8 Å². The van der Waals surface area contributed by atoms with Gasteiger partial charge in [-0.3, -0.25) is 0 Å². The van der Waals surface area contributed by atoms with Crippen LogP contribution in [0.25, 0.3) is 0 Å². The fraction of sp³-hybridized carbons (Fsp3) is 0.500. The average Bonchev–Trinajstić information content (AvgIpc) is 2.03. The Labute approximate surface area is 82.1 Å². The third kappa shape index (κ3) is 2.62. The first-order valence-electron chi connectivity index (χ1n) is 3.91. The van der Waals surface area contributed by atoms with Crippen molar-refractivity contribution in [3.63, 3.8) is 0 Å². The number of aromatic nitrogens is 2. The van der Waals surface area contributed by atoms with Crippen molar-refractivity contribution >= 4 is 33.8 Å². The van der Waals surface area contributed by atoms with Gasteiger partial charge in [0.1, 0.15) is 0 Å². The Morgan fingerprint density at radius 1 is 1.33 bits per heavy atom. The van der Waals surface area contributed by atoms with Gasteiger partial charge in [-0.1, -0.05) is 0 Å². The molecular formula is C8H14N2SSn. The summed E-state index contributed by atoms with van der Waals surface area (Å²) in [7, 11) is 0. The molecule has 1 aromatic heterocycles. The molecule has 0 saturated carbocycles. The standard InChI is InChI=1S/C5H5N2S.3CH3.Sn/c1-8-5-6-3-2-4-7-5;;;;/h2-3H,1H3;3*1H3;. The number of thioether (sulfide) groups is 1. The fourth-order valence-corrected chi connectivity index (χ4v) is 4.34. The van der Waals surface area contributed by atoms with Gasteiger partial charge in [-0.2, -0.15) is 0 Å². The molecule has 1 rings (SSSR count). The van der Waals surface area contributed by atoms with Crippen LogP contribution >= 0.6 is 11.8 Å². The maximum atomic E-state index is 4.51. The molecule has 0 saturated heterocycles. The summed E-state index contributed by atoms with van der Waals surface area (Å²) < 4.78 is 1.31. The summed E-state index contributed by atoms with van der Waals surface area (Å²) in [5.41, 5.74) is 0. The van der Waals surface area contributed by atoms with Crippen molar-refractivity contribution in [2.24, 2.45) is 0 Å². The molecule has 0 radical (unpaired) electrons. The van der Waals surface area contributed by atoms with Crippen molar-refractivity contribution in [1.29, 1.82) is 0 Å². The second-order valence-electron chi connectivity index (χ2n) is 3.68. The predicted octanol–water partition coefficient (Wildman–Crippen LogP) is 1.74. The summed E-state index contributed by atoms with van der Waals surface area (Å²) >= 11 is -0.333. The Balaban J connectivity index is 3.02. The van der Waals surface area contributed by atoms with E-state index in [4.69, 9.17) is 0 Å². The van der Waals surface area contributed by atoms with Gasteiger partial charge < -0.3 is 0 Å². The van der Waals surface area contributed by atoms with Gasteiger partial charge in [-0.05, 0) is 0 Å². The molecule has 0 aliphatic heterocycles. The summed E-state index contributed by atoms with van der Waals surface area (Å²) in [5.74, 6) is 0. The second kappa shape index (κ2) is 3.96. The molecule has 0 fully saturated rings. The molecule has 66 valence electrons. The topological polar surface area (TPSA) is 25.8 Å². The zero-order valence-electron chi connectivity index (χ0n) is 7.96. The van der Waals surface area contributed by atoms with Gasteiger partial charge in [0.15, 0.2) is 0 Å². The van der Waals surface area contributed by atoms with E-state index in [0.29, 0.717) is 0 Å². The predicted molar refractivity (Wildman–Crippen MR) is 56.8 cm³/mol. The van der Waals surface area contributed by atoms with Crippen LogP contribution in [0, 0.1) is 0 Å². The quantitative estimate of drug-likeness (QED) is 0.471. The maximum absolute atomic E-state index is 4.51. The molecule has 0 bridgehead atoms. The molecule has 0 amide bonds. The van der Waals surface area contributed by atoms with Crippen LogP contribution < -0.4 is 3.71 Å². The Morgan fingerprint density at radius 3 is 2.50 bits per heavy atom. The molecule has 0 atom stereocenters. The van der Waals surface area contributed by atoms with Crippen molar-refractivity contribution in [1.82, 2.24) is 9.97 Å². The first-order valence-corrected chi connectivity index (χ1v) is 15.1. The van der Waals surface area contributed by atoms with E-state index in [-0.39, 0.29) is 0 Å². The molecule has 0 aromatic carbocycles. The number of rotatable bonds is 2.